The largest absolute Gasteiger partial charge is 0.495 e. The molecule has 0 fully saturated rings. The van der Waals surface area contributed by atoms with E-state index in [0.717, 1.165) is 31.1 Å². The number of hydrogen-bond acceptors (Lipinski definition) is 8. The predicted octanol–water partition coefficient (Wildman–Crippen LogP) is 4.94. The molecule has 0 aliphatic carbocycles. The van der Waals surface area contributed by atoms with E-state index in [2.05, 4.69) is 15.5 Å². The number of aromatic nitrogens is 2. The van der Waals surface area contributed by atoms with Gasteiger partial charge in [-0.3, -0.25) is 4.79 Å². The Kier molecular flexibility index (Phi) is 5.72. The molecule has 130 valence electrons. The van der Waals surface area contributed by atoms with E-state index in [0.29, 0.717) is 10.9 Å². The van der Waals surface area contributed by atoms with Crippen LogP contribution >= 0.6 is 34.4 Å². The average molecular weight is 392 g/mol. The summed E-state index contributed by atoms with van der Waals surface area (Å²) in [5.74, 6) is 1.23. The molecule has 0 saturated carbocycles. The maximum Gasteiger partial charge on any atom is 0.210 e. The second-order valence-corrected chi connectivity index (χ2v) is 8.90. The molecule has 0 bridgehead atoms. The zero-order valence-electron chi connectivity index (χ0n) is 14.0. The Balaban J connectivity index is 1.62. The first-order valence-electron chi connectivity index (χ1n) is 7.53. The van der Waals surface area contributed by atoms with E-state index in [4.69, 9.17) is 4.74 Å². The molecule has 2 heterocycles. The van der Waals surface area contributed by atoms with Crippen LogP contribution in [-0.4, -0.2) is 28.8 Å². The highest BCUT2D eigenvalue weighted by atomic mass is 32.2. The molecule has 3 rings (SSSR count). The Hall–Kier alpha value is -1.90. The first-order valence-corrected chi connectivity index (χ1v) is 10.1. The highest BCUT2D eigenvalue weighted by Gasteiger charge is 2.14. The number of methoxy groups -OCH3 is 1. The Morgan fingerprint density at radius 2 is 2.04 bits per heavy atom. The summed E-state index contributed by atoms with van der Waals surface area (Å²) in [5, 5.41) is 12.1. The number of para-hydroxylation sites is 2. The summed E-state index contributed by atoms with van der Waals surface area (Å²) in [7, 11) is 1.63. The third-order valence-electron chi connectivity index (χ3n) is 3.42. The topological polar surface area (TPSA) is 64.1 Å². The fourth-order valence-corrected chi connectivity index (χ4v) is 4.88. The van der Waals surface area contributed by atoms with Crippen molar-refractivity contribution in [2.24, 2.45) is 0 Å². The van der Waals surface area contributed by atoms with Crippen molar-refractivity contribution < 1.29 is 9.53 Å². The van der Waals surface area contributed by atoms with Gasteiger partial charge in [0.05, 0.1) is 18.6 Å². The Morgan fingerprint density at radius 3 is 2.76 bits per heavy atom. The second kappa shape index (κ2) is 7.99. The van der Waals surface area contributed by atoms with Gasteiger partial charge >= 0.3 is 0 Å². The van der Waals surface area contributed by atoms with Crippen molar-refractivity contribution in [3.63, 3.8) is 0 Å². The van der Waals surface area contributed by atoms with E-state index in [-0.39, 0.29) is 5.78 Å². The van der Waals surface area contributed by atoms with Crippen LogP contribution < -0.4 is 10.1 Å². The summed E-state index contributed by atoms with van der Waals surface area (Å²) >= 11 is 4.48. The summed E-state index contributed by atoms with van der Waals surface area (Å²) in [6.07, 6.45) is 0. The van der Waals surface area contributed by atoms with Crippen LogP contribution in [0.5, 0.6) is 5.75 Å². The summed E-state index contributed by atoms with van der Waals surface area (Å²) in [5.41, 5.74) is 1.64. The van der Waals surface area contributed by atoms with Gasteiger partial charge in [-0.05, 0) is 32.0 Å². The van der Waals surface area contributed by atoms with Gasteiger partial charge in [-0.2, -0.15) is 0 Å². The van der Waals surface area contributed by atoms with Crippen molar-refractivity contribution in [2.45, 2.75) is 18.2 Å². The quantitative estimate of drug-likeness (QED) is 0.454. The third-order valence-corrected chi connectivity index (χ3v) is 6.36. The molecule has 0 aliphatic heterocycles. The number of ether oxygens (including phenoxy) is 1. The third kappa shape index (κ3) is 4.39. The van der Waals surface area contributed by atoms with Gasteiger partial charge in [-0.25, -0.2) is 0 Å². The van der Waals surface area contributed by atoms with E-state index in [9.17, 15) is 4.79 Å². The number of carbonyl (C=O) groups is 1. The monoisotopic (exact) mass is 391 g/mol. The van der Waals surface area contributed by atoms with E-state index in [1.54, 1.807) is 18.4 Å². The van der Waals surface area contributed by atoms with E-state index in [1.165, 1.54) is 23.1 Å². The van der Waals surface area contributed by atoms with Crippen LogP contribution in [-0.2, 0) is 0 Å². The lowest BCUT2D eigenvalue weighted by molar-refractivity contribution is 0.102. The smallest absolute Gasteiger partial charge is 0.210 e. The van der Waals surface area contributed by atoms with E-state index < -0.39 is 0 Å². The number of thioether (sulfide) groups is 1. The standard InChI is InChI=1S/C17H17N3O2S3/c1-10-8-12(11(2)24-10)14(21)9-23-17-20-19-16(25-17)18-13-6-4-5-7-15(13)22-3/h4-8H,9H2,1-3H3,(H,18,19). The predicted molar refractivity (Wildman–Crippen MR) is 105 cm³/mol. The fraction of sp³-hybridized carbons (Fsp3) is 0.235. The lowest BCUT2D eigenvalue weighted by atomic mass is 10.2. The van der Waals surface area contributed by atoms with Gasteiger partial charge in [0.15, 0.2) is 10.1 Å². The van der Waals surface area contributed by atoms with Crippen LogP contribution in [0, 0.1) is 13.8 Å². The van der Waals surface area contributed by atoms with Gasteiger partial charge in [0, 0.05) is 15.3 Å². The van der Waals surface area contributed by atoms with Crippen molar-refractivity contribution >= 4 is 51.0 Å². The average Bonchev–Trinajstić information content (AvgIpc) is 3.19. The molecular formula is C17H17N3O2S3. The van der Waals surface area contributed by atoms with Crippen LogP contribution in [0.15, 0.2) is 34.7 Å². The fourth-order valence-electron chi connectivity index (χ4n) is 2.29. The molecule has 5 nitrogen and oxygen atoms in total. The van der Waals surface area contributed by atoms with E-state index in [1.807, 2.05) is 44.2 Å². The van der Waals surface area contributed by atoms with Crippen LogP contribution in [0.4, 0.5) is 10.8 Å². The number of Topliss-reactive ketones (excluding diaryl/α,β-unsaturated/α-hetero) is 1. The zero-order chi connectivity index (χ0) is 17.8. The number of hydrogen-bond donors (Lipinski definition) is 1. The summed E-state index contributed by atoms with van der Waals surface area (Å²) < 4.78 is 6.07. The first kappa shape index (κ1) is 17.9. The van der Waals surface area contributed by atoms with Crippen molar-refractivity contribution in [3.8, 4) is 5.75 Å². The lowest BCUT2D eigenvalue weighted by Crippen LogP contribution is -2.02. The number of rotatable bonds is 7. The first-order chi connectivity index (χ1) is 12.1. The SMILES string of the molecule is COc1ccccc1Nc1nnc(SCC(=O)c2cc(C)sc2C)s1. The maximum atomic E-state index is 12.3. The van der Waals surface area contributed by atoms with Crippen molar-refractivity contribution in [2.75, 3.05) is 18.2 Å². The van der Waals surface area contributed by atoms with Crippen molar-refractivity contribution in [1.82, 2.24) is 10.2 Å². The number of carbonyl (C=O) groups excluding carboxylic acids is 1. The second-order valence-electron chi connectivity index (χ2n) is 5.24. The number of nitrogens with zero attached hydrogens (tertiary/aromatic N) is 2. The highest BCUT2D eigenvalue weighted by molar-refractivity contribution is 8.01. The molecule has 1 N–H and O–H groups in total. The Bertz CT molecular complexity index is 889. The van der Waals surface area contributed by atoms with Gasteiger partial charge in [-0.15, -0.1) is 21.5 Å². The summed E-state index contributed by atoms with van der Waals surface area (Å²) in [6.45, 7) is 4.00. The van der Waals surface area contributed by atoms with Crippen molar-refractivity contribution in [3.05, 3.63) is 45.6 Å². The lowest BCUT2D eigenvalue weighted by Gasteiger charge is -2.07. The number of anilines is 2. The summed E-state index contributed by atoms with van der Waals surface area (Å²) in [4.78, 5) is 14.6. The van der Waals surface area contributed by atoms with Gasteiger partial charge in [0.25, 0.3) is 0 Å². The van der Waals surface area contributed by atoms with Gasteiger partial charge < -0.3 is 10.1 Å². The number of benzene rings is 1. The zero-order valence-corrected chi connectivity index (χ0v) is 16.5. The van der Waals surface area contributed by atoms with Gasteiger partial charge in [0.2, 0.25) is 5.13 Å². The molecule has 2 aromatic heterocycles. The Morgan fingerprint density at radius 1 is 1.24 bits per heavy atom. The molecular weight excluding hydrogens is 374 g/mol. The van der Waals surface area contributed by atoms with Crippen LogP contribution in [0.3, 0.4) is 0 Å². The van der Waals surface area contributed by atoms with Gasteiger partial charge in [-0.1, -0.05) is 35.2 Å². The maximum absolute atomic E-state index is 12.3. The molecule has 0 amide bonds. The molecule has 8 heteroatoms. The van der Waals surface area contributed by atoms with Crippen LogP contribution in [0.1, 0.15) is 20.1 Å². The number of thiophene rings is 1. The molecule has 25 heavy (non-hydrogen) atoms. The van der Waals surface area contributed by atoms with Crippen LogP contribution in [0.2, 0.25) is 0 Å². The van der Waals surface area contributed by atoms with Gasteiger partial charge in [0.1, 0.15) is 5.75 Å². The van der Waals surface area contributed by atoms with Crippen LogP contribution in [0.25, 0.3) is 0 Å². The normalized spacial score (nSPS) is 10.7. The number of nitrogens with one attached hydrogen (secondary N) is 1. The minimum absolute atomic E-state index is 0.126. The minimum atomic E-state index is 0.126. The molecule has 1 aromatic carbocycles. The minimum Gasteiger partial charge on any atom is -0.495 e. The molecule has 0 spiro atoms. The number of ketones is 1. The highest BCUT2D eigenvalue weighted by Crippen LogP contribution is 2.32. The summed E-state index contributed by atoms with van der Waals surface area (Å²) in [6, 6.07) is 9.58. The molecule has 0 unspecified atom stereocenters. The molecule has 0 atom stereocenters. The molecule has 0 aliphatic rings. The molecule has 0 saturated heterocycles. The number of aryl methyl sites for hydroxylation is 2. The van der Waals surface area contributed by atoms with E-state index >= 15 is 0 Å². The molecule has 3 aromatic rings. The Labute approximate surface area is 158 Å². The van der Waals surface area contributed by atoms with Crippen molar-refractivity contribution in [1.29, 1.82) is 0 Å². The molecule has 0 radical (unpaired) electrons.